The molecule has 360 valence electrons. The molecule has 4 aromatic rings. The number of benzene rings is 4. The Hall–Kier alpha value is -6.06. The van der Waals surface area contributed by atoms with Crippen molar-refractivity contribution < 1.29 is 58.7 Å². The Bertz CT molecular complexity index is 2310. The molecule has 14 heteroatoms. The number of amides is 2. The van der Waals surface area contributed by atoms with Crippen molar-refractivity contribution in [2.75, 3.05) is 18.0 Å². The molecule has 2 amide bonds. The molecule has 0 heterocycles. The standard InChI is InChI=1S/C53H66N2O12/c1-33(28-29-54-47(60)67-42(35-16-20-38(21-17-35)44(57)51(6,7)63)36-18-22-39(23-19-36)45(58)52(8,9)64)30-49(2,3)32-55(41-26-24-40(25-27-41)46(59)53(10,11)65)48(61)66-31-34-12-14-37(15-13-34)43(56)50(4,5)62/h12-27,33,42,62-65H,28-32H2,1-11H3,(H,54,60). The van der Waals surface area contributed by atoms with Gasteiger partial charge in [0.1, 0.15) is 29.0 Å². The van der Waals surface area contributed by atoms with Gasteiger partial charge in [-0.25, -0.2) is 9.59 Å². The van der Waals surface area contributed by atoms with E-state index in [2.05, 4.69) is 5.32 Å². The second-order valence-electron chi connectivity index (χ2n) is 20.2. The lowest BCUT2D eigenvalue weighted by Crippen LogP contribution is -2.40. The van der Waals surface area contributed by atoms with Crippen LogP contribution in [0, 0.1) is 11.3 Å². The van der Waals surface area contributed by atoms with Gasteiger partial charge in [-0.05, 0) is 121 Å². The third kappa shape index (κ3) is 15.2. The molecule has 0 fully saturated rings. The Morgan fingerprint density at radius 3 is 1.28 bits per heavy atom. The molecule has 0 spiro atoms. The van der Waals surface area contributed by atoms with Crippen LogP contribution < -0.4 is 10.2 Å². The number of ether oxygens (including phenoxy) is 2. The molecule has 67 heavy (non-hydrogen) atoms. The number of nitrogens with zero attached hydrogens (tertiary/aromatic N) is 1. The molecule has 0 saturated heterocycles. The summed E-state index contributed by atoms with van der Waals surface area (Å²) < 4.78 is 11.7. The van der Waals surface area contributed by atoms with Crippen LogP contribution in [0.5, 0.6) is 0 Å². The summed E-state index contributed by atoms with van der Waals surface area (Å²) >= 11 is 0. The van der Waals surface area contributed by atoms with E-state index < -0.39 is 69.2 Å². The Labute approximate surface area is 393 Å². The van der Waals surface area contributed by atoms with Crippen molar-refractivity contribution in [2.45, 2.75) is 124 Å². The number of aliphatic hydroxyl groups is 4. The SMILES string of the molecule is CC(CCNC(=O)OC(c1ccc(C(=O)C(C)(C)O)cc1)c1ccc(C(=O)C(C)(C)O)cc1)CC(C)(C)CN(C(=O)OCc1ccc(C(=O)C(C)(C)O)cc1)c1ccc(C(=O)C(C)(C)O)cc1. The molecule has 0 aliphatic rings. The minimum atomic E-state index is -1.60. The summed E-state index contributed by atoms with van der Waals surface area (Å²) in [7, 11) is 0. The fraction of sp³-hybridized carbons (Fsp3) is 0.434. The number of nitrogens with one attached hydrogen (secondary N) is 1. The normalized spacial score (nSPS) is 12.8. The monoisotopic (exact) mass is 922 g/mol. The second-order valence-corrected chi connectivity index (χ2v) is 20.2. The summed E-state index contributed by atoms with van der Waals surface area (Å²) in [4.78, 5) is 79.5. The predicted octanol–water partition coefficient (Wildman–Crippen LogP) is 8.60. The van der Waals surface area contributed by atoms with Gasteiger partial charge in [0.25, 0.3) is 0 Å². The van der Waals surface area contributed by atoms with Crippen LogP contribution in [0.15, 0.2) is 97.1 Å². The van der Waals surface area contributed by atoms with E-state index in [-0.39, 0.29) is 42.3 Å². The smallest absolute Gasteiger partial charge is 0.414 e. The molecule has 0 aliphatic heterocycles. The number of hydrogen-bond donors (Lipinski definition) is 5. The van der Waals surface area contributed by atoms with Gasteiger partial charge in [0.2, 0.25) is 0 Å². The molecule has 5 N–H and O–H groups in total. The Balaban J connectivity index is 1.46. The third-order valence-corrected chi connectivity index (χ3v) is 11.0. The molecular formula is C53H66N2O12. The highest BCUT2D eigenvalue weighted by molar-refractivity contribution is 6.03. The maximum atomic E-state index is 13.9. The van der Waals surface area contributed by atoms with Crippen LogP contribution in [-0.2, 0) is 16.1 Å². The molecule has 1 atom stereocenters. The van der Waals surface area contributed by atoms with Crippen LogP contribution in [0.2, 0.25) is 0 Å². The van der Waals surface area contributed by atoms with Crippen molar-refractivity contribution in [3.63, 3.8) is 0 Å². The van der Waals surface area contributed by atoms with E-state index in [1.807, 2.05) is 20.8 Å². The summed E-state index contributed by atoms with van der Waals surface area (Å²) in [6.07, 6.45) is -1.19. The van der Waals surface area contributed by atoms with Crippen molar-refractivity contribution in [1.82, 2.24) is 5.32 Å². The largest absolute Gasteiger partial charge is 0.444 e. The predicted molar refractivity (Wildman–Crippen MR) is 254 cm³/mol. The summed E-state index contributed by atoms with van der Waals surface area (Å²) in [6.45, 7) is 17.6. The highest BCUT2D eigenvalue weighted by Crippen LogP contribution is 2.32. The number of carbonyl (C=O) groups excluding carboxylic acids is 6. The second kappa shape index (κ2) is 21.3. The number of hydrogen-bond acceptors (Lipinski definition) is 12. The van der Waals surface area contributed by atoms with Crippen molar-refractivity contribution in [3.8, 4) is 0 Å². The number of ketones is 4. The lowest BCUT2D eigenvalue weighted by Gasteiger charge is -2.34. The third-order valence-electron chi connectivity index (χ3n) is 11.0. The van der Waals surface area contributed by atoms with Crippen molar-refractivity contribution in [3.05, 3.63) is 136 Å². The van der Waals surface area contributed by atoms with Gasteiger partial charge in [0.05, 0.1) is 0 Å². The van der Waals surface area contributed by atoms with Crippen molar-refractivity contribution in [1.29, 1.82) is 0 Å². The van der Waals surface area contributed by atoms with Crippen molar-refractivity contribution >= 4 is 41.0 Å². The number of rotatable bonds is 21. The van der Waals surface area contributed by atoms with Crippen LogP contribution in [0.1, 0.15) is 153 Å². The molecule has 0 aromatic heterocycles. The van der Waals surface area contributed by atoms with Gasteiger partial charge in [0, 0.05) is 41.0 Å². The molecule has 4 aromatic carbocycles. The van der Waals surface area contributed by atoms with Crippen LogP contribution in [0.4, 0.5) is 15.3 Å². The number of carbonyl (C=O) groups is 6. The van der Waals surface area contributed by atoms with E-state index in [1.54, 1.807) is 72.8 Å². The van der Waals surface area contributed by atoms with Crippen LogP contribution in [0.25, 0.3) is 0 Å². The zero-order chi connectivity index (χ0) is 50.3. The Kier molecular flexibility index (Phi) is 17.0. The molecule has 0 bridgehead atoms. The summed E-state index contributed by atoms with van der Waals surface area (Å²) in [5.74, 6) is -1.86. The van der Waals surface area contributed by atoms with E-state index in [9.17, 15) is 49.2 Å². The first kappa shape index (κ1) is 53.6. The van der Waals surface area contributed by atoms with Crippen LogP contribution in [-0.4, -0.2) is 91.2 Å². The number of alkyl carbamates (subject to hydrolysis) is 1. The lowest BCUT2D eigenvalue weighted by atomic mass is 9.81. The van der Waals surface area contributed by atoms with Gasteiger partial charge in [-0.3, -0.25) is 24.1 Å². The lowest BCUT2D eigenvalue weighted by molar-refractivity contribution is 0.0487. The maximum Gasteiger partial charge on any atom is 0.414 e. The average molecular weight is 923 g/mol. The van der Waals surface area contributed by atoms with Gasteiger partial charge < -0.3 is 35.2 Å². The Morgan fingerprint density at radius 2 is 0.910 bits per heavy atom. The van der Waals surface area contributed by atoms with E-state index in [0.29, 0.717) is 40.8 Å². The zero-order valence-corrected chi connectivity index (χ0v) is 40.4. The Morgan fingerprint density at radius 1 is 0.552 bits per heavy atom. The molecule has 4 rings (SSSR count). The average Bonchev–Trinajstić information content (AvgIpc) is 3.24. The first-order chi connectivity index (χ1) is 30.9. The fourth-order valence-corrected chi connectivity index (χ4v) is 7.50. The van der Waals surface area contributed by atoms with E-state index in [1.165, 1.54) is 84.6 Å². The van der Waals surface area contributed by atoms with Gasteiger partial charge in [-0.15, -0.1) is 0 Å². The summed E-state index contributed by atoms with van der Waals surface area (Å²) in [5, 5.41) is 43.7. The first-order valence-corrected chi connectivity index (χ1v) is 22.2. The number of anilines is 1. The maximum absolute atomic E-state index is 13.9. The summed E-state index contributed by atoms with van der Waals surface area (Å²) in [5.41, 5.74) is -3.60. The van der Waals surface area contributed by atoms with Gasteiger partial charge >= 0.3 is 12.2 Å². The zero-order valence-electron chi connectivity index (χ0n) is 40.4. The van der Waals surface area contributed by atoms with E-state index in [0.717, 1.165) is 0 Å². The summed E-state index contributed by atoms with van der Waals surface area (Å²) in [6, 6.07) is 25.4. The molecule has 0 radical (unpaired) electrons. The molecular weight excluding hydrogens is 857 g/mol. The minimum absolute atomic E-state index is 0.0302. The van der Waals surface area contributed by atoms with Crippen molar-refractivity contribution in [2.24, 2.45) is 11.3 Å². The van der Waals surface area contributed by atoms with Crippen LogP contribution >= 0.6 is 0 Å². The van der Waals surface area contributed by atoms with Crippen LogP contribution in [0.3, 0.4) is 0 Å². The molecule has 0 saturated carbocycles. The highest BCUT2D eigenvalue weighted by atomic mass is 16.6. The molecule has 0 aliphatic carbocycles. The van der Waals surface area contributed by atoms with Gasteiger partial charge in [-0.2, -0.15) is 0 Å². The first-order valence-electron chi connectivity index (χ1n) is 22.2. The molecule has 14 nitrogen and oxygen atoms in total. The number of Topliss-reactive ketones (excluding diaryl/α,β-unsaturated/α-hetero) is 4. The van der Waals surface area contributed by atoms with E-state index in [4.69, 9.17) is 9.47 Å². The minimum Gasteiger partial charge on any atom is -0.444 e. The highest BCUT2D eigenvalue weighted by Gasteiger charge is 2.32. The van der Waals surface area contributed by atoms with E-state index >= 15 is 0 Å². The van der Waals surface area contributed by atoms with Gasteiger partial charge in [-0.1, -0.05) is 93.6 Å². The fourth-order valence-electron chi connectivity index (χ4n) is 7.50. The quantitative estimate of drug-likeness (QED) is 0.0497. The van der Waals surface area contributed by atoms with Gasteiger partial charge in [0.15, 0.2) is 29.2 Å². The molecule has 1 unspecified atom stereocenters. The topological polar surface area (TPSA) is 217 Å².